The van der Waals surface area contributed by atoms with Gasteiger partial charge in [-0.1, -0.05) is 6.07 Å². The summed E-state index contributed by atoms with van der Waals surface area (Å²) in [5.74, 6) is -2.10. The van der Waals surface area contributed by atoms with Crippen LogP contribution in [0.25, 0.3) is 16.4 Å². The third-order valence-corrected chi connectivity index (χ3v) is 5.38. The van der Waals surface area contributed by atoms with Gasteiger partial charge in [-0.25, -0.2) is 14.1 Å². The first-order valence-electron chi connectivity index (χ1n) is 9.69. The van der Waals surface area contributed by atoms with Gasteiger partial charge in [0.05, 0.1) is 21.8 Å². The van der Waals surface area contributed by atoms with Gasteiger partial charge in [0, 0.05) is 12.6 Å². The number of nitrogens with one attached hydrogen (secondary N) is 2. The number of carbonyl (C=O) groups is 2. The molecular formula is C22H15F4N5O2S. The molecule has 2 aromatic heterocycles. The predicted octanol–water partition coefficient (Wildman–Crippen LogP) is 5.36. The summed E-state index contributed by atoms with van der Waals surface area (Å²) in [6, 6.07) is 11.8. The van der Waals surface area contributed by atoms with Gasteiger partial charge in [0.25, 0.3) is 5.91 Å². The molecule has 4 rings (SSSR count). The summed E-state index contributed by atoms with van der Waals surface area (Å²) in [6.45, 7) is 1.16. The van der Waals surface area contributed by atoms with Crippen LogP contribution in [0.2, 0.25) is 0 Å². The molecule has 2 heterocycles. The fraction of sp³-hybridized carbons (Fsp3) is 0.0909. The van der Waals surface area contributed by atoms with Gasteiger partial charge in [0.2, 0.25) is 11.7 Å². The van der Waals surface area contributed by atoms with E-state index < -0.39 is 35.1 Å². The van der Waals surface area contributed by atoms with E-state index in [1.54, 1.807) is 17.5 Å². The molecule has 0 aliphatic carbocycles. The lowest BCUT2D eigenvalue weighted by Crippen LogP contribution is -2.18. The minimum Gasteiger partial charge on any atom is -0.326 e. The topological polar surface area (TPSA) is 88.9 Å². The second-order valence-electron chi connectivity index (χ2n) is 7.02. The van der Waals surface area contributed by atoms with Gasteiger partial charge >= 0.3 is 6.18 Å². The number of carbonyl (C=O) groups excluding carboxylic acids is 2. The quantitative estimate of drug-likeness (QED) is 0.369. The third kappa shape index (κ3) is 4.96. The summed E-state index contributed by atoms with van der Waals surface area (Å²) < 4.78 is 55.5. The zero-order chi connectivity index (χ0) is 24.5. The smallest absolute Gasteiger partial charge is 0.326 e. The Balaban J connectivity index is 1.71. The van der Waals surface area contributed by atoms with Crippen LogP contribution in [0.15, 0.2) is 60.0 Å². The highest BCUT2D eigenvalue weighted by Gasteiger charge is 2.35. The van der Waals surface area contributed by atoms with Gasteiger partial charge in [0.1, 0.15) is 5.82 Å². The molecule has 0 saturated heterocycles. The van der Waals surface area contributed by atoms with E-state index in [0.717, 1.165) is 19.1 Å². The van der Waals surface area contributed by atoms with Gasteiger partial charge in [-0.2, -0.15) is 13.2 Å². The summed E-state index contributed by atoms with van der Waals surface area (Å²) in [6.07, 6.45) is -4.81. The van der Waals surface area contributed by atoms with Gasteiger partial charge in [-0.3, -0.25) is 9.59 Å². The first-order valence-corrected chi connectivity index (χ1v) is 10.6. The Morgan fingerprint density at radius 3 is 2.38 bits per heavy atom. The summed E-state index contributed by atoms with van der Waals surface area (Å²) >= 11 is 1.32. The lowest BCUT2D eigenvalue weighted by Gasteiger charge is -2.15. The first kappa shape index (κ1) is 23.1. The summed E-state index contributed by atoms with van der Waals surface area (Å²) in [5.41, 5.74) is -1.34. The maximum absolute atomic E-state index is 13.6. The van der Waals surface area contributed by atoms with Gasteiger partial charge in [0.15, 0.2) is 5.82 Å². The zero-order valence-electron chi connectivity index (χ0n) is 17.4. The SMILES string of the molecule is CC(=O)Nc1ccc(NC(=O)c2nc(-c3cccs3)n(-c3ccc(F)cc3)n2)c(C(F)(F)F)c1. The molecule has 0 radical (unpaired) electrons. The Hall–Kier alpha value is -4.06. The maximum atomic E-state index is 13.6. The summed E-state index contributed by atoms with van der Waals surface area (Å²) in [5, 5.41) is 10.4. The van der Waals surface area contributed by atoms with Crippen LogP contribution >= 0.6 is 11.3 Å². The number of anilines is 2. The number of benzene rings is 2. The third-order valence-electron chi connectivity index (χ3n) is 4.52. The van der Waals surface area contributed by atoms with Crippen molar-refractivity contribution in [2.45, 2.75) is 13.1 Å². The molecule has 0 aliphatic heterocycles. The van der Waals surface area contributed by atoms with Crippen molar-refractivity contribution in [1.82, 2.24) is 14.8 Å². The molecule has 7 nitrogen and oxygen atoms in total. The van der Waals surface area contributed by atoms with E-state index >= 15 is 0 Å². The van der Waals surface area contributed by atoms with Crippen molar-refractivity contribution in [3.63, 3.8) is 0 Å². The molecule has 4 aromatic rings. The molecule has 0 atom stereocenters. The van der Waals surface area contributed by atoms with Gasteiger partial charge in [-0.15, -0.1) is 16.4 Å². The van der Waals surface area contributed by atoms with E-state index in [9.17, 15) is 27.2 Å². The number of halogens is 4. The van der Waals surface area contributed by atoms with Crippen molar-refractivity contribution in [3.8, 4) is 16.4 Å². The van der Waals surface area contributed by atoms with E-state index in [4.69, 9.17) is 0 Å². The number of alkyl halides is 3. The van der Waals surface area contributed by atoms with Gasteiger partial charge < -0.3 is 10.6 Å². The normalized spacial score (nSPS) is 11.3. The van der Waals surface area contributed by atoms with Crippen LogP contribution in [0.3, 0.4) is 0 Å². The molecule has 2 N–H and O–H groups in total. The molecular weight excluding hydrogens is 474 g/mol. The highest BCUT2D eigenvalue weighted by Crippen LogP contribution is 2.37. The van der Waals surface area contributed by atoms with Crippen molar-refractivity contribution in [3.05, 3.63) is 77.2 Å². The summed E-state index contributed by atoms with van der Waals surface area (Å²) in [4.78, 5) is 28.9. The molecule has 34 heavy (non-hydrogen) atoms. The second kappa shape index (κ2) is 9.06. The number of aromatic nitrogens is 3. The molecule has 0 saturated carbocycles. The molecule has 2 amide bonds. The summed E-state index contributed by atoms with van der Waals surface area (Å²) in [7, 11) is 0. The maximum Gasteiger partial charge on any atom is 0.418 e. The van der Waals surface area contributed by atoms with E-state index in [0.29, 0.717) is 10.6 Å². The minimum absolute atomic E-state index is 0.0727. The van der Waals surface area contributed by atoms with Crippen LogP contribution in [-0.2, 0) is 11.0 Å². The molecule has 0 unspecified atom stereocenters. The second-order valence-corrected chi connectivity index (χ2v) is 7.97. The van der Waals surface area contributed by atoms with Crippen LogP contribution in [0.1, 0.15) is 23.1 Å². The first-order chi connectivity index (χ1) is 16.1. The number of rotatable bonds is 5. The fourth-order valence-corrected chi connectivity index (χ4v) is 3.78. The number of hydrogen-bond acceptors (Lipinski definition) is 5. The number of nitrogens with zero attached hydrogens (tertiary/aromatic N) is 3. The van der Waals surface area contributed by atoms with E-state index in [-0.39, 0.29) is 17.3 Å². The van der Waals surface area contributed by atoms with Crippen molar-refractivity contribution in [2.75, 3.05) is 10.6 Å². The Morgan fingerprint density at radius 2 is 1.76 bits per heavy atom. The average molecular weight is 489 g/mol. The standard InChI is InChI=1S/C22H15F4N5O2S/c1-12(32)27-14-6-9-17(16(11-14)22(24,25)26)28-21(33)19-29-20(18-3-2-10-34-18)31(30-19)15-7-4-13(23)5-8-15/h2-11H,1H3,(H,27,32)(H,28,33). The molecule has 0 spiro atoms. The zero-order valence-corrected chi connectivity index (χ0v) is 18.2. The molecule has 12 heteroatoms. The van der Waals surface area contributed by atoms with Crippen LogP contribution in [0.5, 0.6) is 0 Å². The highest BCUT2D eigenvalue weighted by atomic mass is 32.1. The number of hydrogen-bond donors (Lipinski definition) is 2. The van der Waals surface area contributed by atoms with Crippen molar-refractivity contribution in [1.29, 1.82) is 0 Å². The molecule has 2 aromatic carbocycles. The van der Waals surface area contributed by atoms with Crippen molar-refractivity contribution < 1.29 is 27.2 Å². The van der Waals surface area contributed by atoms with Crippen LogP contribution in [-0.4, -0.2) is 26.6 Å². The van der Waals surface area contributed by atoms with Gasteiger partial charge in [-0.05, 0) is 53.9 Å². The number of amides is 2. The largest absolute Gasteiger partial charge is 0.418 e. The predicted molar refractivity (Wildman–Crippen MR) is 118 cm³/mol. The van der Waals surface area contributed by atoms with Crippen molar-refractivity contribution >= 4 is 34.5 Å². The van der Waals surface area contributed by atoms with E-state index in [2.05, 4.69) is 20.7 Å². The fourth-order valence-electron chi connectivity index (χ4n) is 3.08. The Kier molecular flexibility index (Phi) is 6.16. The van der Waals surface area contributed by atoms with E-state index in [1.807, 2.05) is 0 Å². The molecule has 174 valence electrons. The minimum atomic E-state index is -4.81. The van der Waals surface area contributed by atoms with Crippen LogP contribution in [0.4, 0.5) is 28.9 Å². The molecule has 0 aliphatic rings. The Bertz CT molecular complexity index is 1350. The monoisotopic (exact) mass is 489 g/mol. The number of thiophene rings is 1. The lowest BCUT2D eigenvalue weighted by molar-refractivity contribution is -0.137. The molecule has 0 bridgehead atoms. The van der Waals surface area contributed by atoms with E-state index in [1.165, 1.54) is 46.4 Å². The Morgan fingerprint density at radius 1 is 1.03 bits per heavy atom. The van der Waals surface area contributed by atoms with Crippen molar-refractivity contribution in [2.24, 2.45) is 0 Å². The van der Waals surface area contributed by atoms with Crippen LogP contribution in [0, 0.1) is 5.82 Å². The average Bonchev–Trinajstić information content (AvgIpc) is 3.44. The lowest BCUT2D eigenvalue weighted by atomic mass is 10.1. The highest BCUT2D eigenvalue weighted by molar-refractivity contribution is 7.13. The molecule has 0 fully saturated rings. The Labute approximate surface area is 194 Å². The van der Waals surface area contributed by atoms with Crippen LogP contribution < -0.4 is 10.6 Å².